The molecule has 98 valence electrons. The lowest BCUT2D eigenvalue weighted by Gasteiger charge is -2.30. The van der Waals surface area contributed by atoms with Gasteiger partial charge in [0.05, 0.1) is 18.8 Å². The van der Waals surface area contributed by atoms with E-state index in [9.17, 15) is 9.90 Å². The summed E-state index contributed by atoms with van der Waals surface area (Å²) in [4.78, 5) is 11.5. The highest BCUT2D eigenvalue weighted by Gasteiger charge is 2.51. The number of amides is 1. The first-order chi connectivity index (χ1) is 7.78. The summed E-state index contributed by atoms with van der Waals surface area (Å²) in [7, 11) is 0. The van der Waals surface area contributed by atoms with Crippen LogP contribution in [0.4, 0.5) is 4.79 Å². The maximum atomic E-state index is 11.5. The third-order valence-electron chi connectivity index (χ3n) is 3.23. The molecule has 2 fully saturated rings. The summed E-state index contributed by atoms with van der Waals surface area (Å²) in [5.41, 5.74) is -1.43. The fourth-order valence-electron chi connectivity index (χ4n) is 2.50. The number of ether oxygens (including phenoxy) is 2. The van der Waals surface area contributed by atoms with E-state index in [1.807, 2.05) is 20.8 Å². The van der Waals surface area contributed by atoms with Gasteiger partial charge in [-0.3, -0.25) is 0 Å². The Kier molecular flexibility index (Phi) is 3.08. The lowest BCUT2D eigenvalue weighted by molar-refractivity contribution is -0.0297. The molecule has 0 aromatic rings. The van der Waals surface area contributed by atoms with Crippen LogP contribution in [0.1, 0.15) is 40.0 Å². The van der Waals surface area contributed by atoms with Crippen molar-refractivity contribution in [3.63, 3.8) is 0 Å². The van der Waals surface area contributed by atoms with Crippen LogP contribution in [-0.2, 0) is 9.47 Å². The fraction of sp³-hybridized carbons (Fsp3) is 0.917. The number of hydrogen-bond donors (Lipinski definition) is 2. The topological polar surface area (TPSA) is 67.8 Å². The fourth-order valence-corrected chi connectivity index (χ4v) is 2.50. The molecule has 5 nitrogen and oxygen atoms in total. The number of nitrogens with one attached hydrogen (secondary N) is 1. The minimum atomic E-state index is -0.917. The van der Waals surface area contributed by atoms with Crippen molar-refractivity contribution in [3.05, 3.63) is 0 Å². The van der Waals surface area contributed by atoms with Crippen LogP contribution in [0, 0.1) is 0 Å². The molecule has 2 aliphatic heterocycles. The number of rotatable bonds is 2. The number of carbonyl (C=O) groups is 1. The van der Waals surface area contributed by atoms with Gasteiger partial charge in [-0.25, -0.2) is 4.79 Å². The van der Waals surface area contributed by atoms with E-state index in [0.29, 0.717) is 6.42 Å². The van der Waals surface area contributed by atoms with Crippen molar-refractivity contribution in [3.8, 4) is 0 Å². The maximum absolute atomic E-state index is 11.5. The number of fused-ring (bicyclic) bond motifs is 2. The summed E-state index contributed by atoms with van der Waals surface area (Å²) in [6.07, 6.45) is 2.02. The summed E-state index contributed by atoms with van der Waals surface area (Å²) in [5.74, 6) is 0. The van der Waals surface area contributed by atoms with Gasteiger partial charge in [-0.15, -0.1) is 0 Å². The quantitative estimate of drug-likeness (QED) is 0.764. The molecule has 0 aliphatic carbocycles. The zero-order chi connectivity index (χ0) is 12.7. The van der Waals surface area contributed by atoms with Crippen molar-refractivity contribution in [2.45, 2.75) is 63.4 Å². The van der Waals surface area contributed by atoms with Gasteiger partial charge in [0.25, 0.3) is 0 Å². The average molecular weight is 243 g/mol. The van der Waals surface area contributed by atoms with Crippen LogP contribution in [0.15, 0.2) is 0 Å². The number of aliphatic hydroxyl groups is 1. The molecule has 2 rings (SSSR count). The van der Waals surface area contributed by atoms with Crippen molar-refractivity contribution < 1.29 is 19.4 Å². The van der Waals surface area contributed by atoms with E-state index in [1.165, 1.54) is 0 Å². The van der Waals surface area contributed by atoms with E-state index in [2.05, 4.69) is 5.32 Å². The lowest BCUT2D eigenvalue weighted by atomic mass is 9.85. The summed E-state index contributed by atoms with van der Waals surface area (Å²) in [6, 6.07) is 0. The molecule has 0 radical (unpaired) electrons. The second-order valence-corrected chi connectivity index (χ2v) is 5.99. The monoisotopic (exact) mass is 243 g/mol. The van der Waals surface area contributed by atoms with E-state index >= 15 is 0 Å². The Bertz CT molecular complexity index is 312. The van der Waals surface area contributed by atoms with Crippen molar-refractivity contribution in [2.24, 2.45) is 0 Å². The van der Waals surface area contributed by atoms with Gasteiger partial charge in [-0.05, 0) is 33.6 Å². The Morgan fingerprint density at radius 2 is 2.24 bits per heavy atom. The van der Waals surface area contributed by atoms with E-state index in [0.717, 1.165) is 12.8 Å². The standard InChI is InChI=1S/C12H21NO4/c1-11(2,3)17-10(14)13-7-12(15)6-8-4-5-9(12)16-8/h8-9,15H,4-7H2,1-3H3,(H,13,14)/t8-,9+,12-/m0/s1. The van der Waals surface area contributed by atoms with E-state index in [-0.39, 0.29) is 18.8 Å². The average Bonchev–Trinajstić information content (AvgIpc) is 2.72. The summed E-state index contributed by atoms with van der Waals surface area (Å²) < 4.78 is 10.7. The van der Waals surface area contributed by atoms with Crippen molar-refractivity contribution >= 4 is 6.09 Å². The van der Waals surface area contributed by atoms with Crippen LogP contribution in [0.2, 0.25) is 0 Å². The third-order valence-corrected chi connectivity index (χ3v) is 3.23. The Labute approximate surface area is 101 Å². The van der Waals surface area contributed by atoms with Gasteiger partial charge in [0.1, 0.15) is 11.2 Å². The molecule has 0 spiro atoms. The molecule has 1 amide bonds. The zero-order valence-electron chi connectivity index (χ0n) is 10.7. The SMILES string of the molecule is CC(C)(C)OC(=O)NC[C@@]1(O)C[C@@H]2CC[C@H]1O2. The number of hydrogen-bond acceptors (Lipinski definition) is 4. The second kappa shape index (κ2) is 4.14. The molecule has 2 N–H and O–H groups in total. The first-order valence-electron chi connectivity index (χ1n) is 6.13. The van der Waals surface area contributed by atoms with E-state index in [4.69, 9.17) is 9.47 Å². The van der Waals surface area contributed by atoms with Crippen molar-refractivity contribution in [2.75, 3.05) is 6.54 Å². The molecule has 0 aromatic heterocycles. The van der Waals surface area contributed by atoms with Gasteiger partial charge >= 0.3 is 6.09 Å². The molecule has 2 heterocycles. The van der Waals surface area contributed by atoms with Gasteiger partial charge in [0, 0.05) is 6.42 Å². The van der Waals surface area contributed by atoms with Gasteiger partial charge in [0.2, 0.25) is 0 Å². The number of alkyl carbamates (subject to hydrolysis) is 1. The molecule has 0 saturated carbocycles. The third kappa shape index (κ3) is 2.90. The normalized spacial score (nSPS) is 36.0. The minimum absolute atomic E-state index is 0.137. The van der Waals surface area contributed by atoms with Crippen LogP contribution in [0.3, 0.4) is 0 Å². The van der Waals surface area contributed by atoms with Crippen LogP contribution in [0.25, 0.3) is 0 Å². The van der Waals surface area contributed by atoms with Crippen LogP contribution in [-0.4, -0.2) is 41.2 Å². The Morgan fingerprint density at radius 1 is 1.53 bits per heavy atom. The Balaban J connectivity index is 1.80. The predicted molar refractivity (Wildman–Crippen MR) is 61.7 cm³/mol. The smallest absolute Gasteiger partial charge is 0.407 e. The van der Waals surface area contributed by atoms with E-state index < -0.39 is 17.3 Å². The molecule has 5 heteroatoms. The molecular weight excluding hydrogens is 222 g/mol. The first kappa shape index (κ1) is 12.6. The largest absolute Gasteiger partial charge is 0.444 e. The molecule has 2 saturated heterocycles. The van der Waals surface area contributed by atoms with Crippen molar-refractivity contribution in [1.82, 2.24) is 5.32 Å². The highest BCUT2D eigenvalue weighted by atomic mass is 16.6. The van der Waals surface area contributed by atoms with Crippen LogP contribution >= 0.6 is 0 Å². The van der Waals surface area contributed by atoms with Gasteiger partial charge in [-0.2, -0.15) is 0 Å². The highest BCUT2D eigenvalue weighted by molar-refractivity contribution is 5.67. The maximum Gasteiger partial charge on any atom is 0.407 e. The molecule has 0 aromatic carbocycles. The summed E-state index contributed by atoms with van der Waals surface area (Å²) >= 11 is 0. The van der Waals surface area contributed by atoms with Gasteiger partial charge < -0.3 is 19.9 Å². The van der Waals surface area contributed by atoms with Crippen LogP contribution < -0.4 is 5.32 Å². The van der Waals surface area contributed by atoms with E-state index in [1.54, 1.807) is 0 Å². The van der Waals surface area contributed by atoms with Crippen LogP contribution in [0.5, 0.6) is 0 Å². The predicted octanol–water partition coefficient (Wildman–Crippen LogP) is 1.19. The molecule has 3 atom stereocenters. The van der Waals surface area contributed by atoms with Crippen molar-refractivity contribution in [1.29, 1.82) is 0 Å². The van der Waals surface area contributed by atoms with Gasteiger partial charge in [-0.1, -0.05) is 0 Å². The highest BCUT2D eigenvalue weighted by Crippen LogP contribution is 2.41. The second-order valence-electron chi connectivity index (χ2n) is 5.99. The zero-order valence-corrected chi connectivity index (χ0v) is 10.7. The molecule has 2 aliphatic rings. The Morgan fingerprint density at radius 3 is 2.71 bits per heavy atom. The first-order valence-corrected chi connectivity index (χ1v) is 6.13. The number of carbonyl (C=O) groups excluding carboxylic acids is 1. The molecule has 17 heavy (non-hydrogen) atoms. The minimum Gasteiger partial charge on any atom is -0.444 e. The molecule has 0 unspecified atom stereocenters. The Hall–Kier alpha value is -0.810. The summed E-state index contributed by atoms with van der Waals surface area (Å²) in [6.45, 7) is 5.62. The van der Waals surface area contributed by atoms with Gasteiger partial charge in [0.15, 0.2) is 0 Å². The molecule has 2 bridgehead atoms. The molecular formula is C12H21NO4. The summed E-state index contributed by atoms with van der Waals surface area (Å²) in [5, 5.41) is 12.9. The lowest BCUT2D eigenvalue weighted by Crippen LogP contribution is -2.50.